The molecule has 17 heavy (non-hydrogen) atoms. The van der Waals surface area contributed by atoms with Crippen molar-refractivity contribution in [1.82, 2.24) is 5.32 Å². The third-order valence-electron chi connectivity index (χ3n) is 2.75. The molecule has 2 unspecified atom stereocenters. The average molecular weight is 260 g/mol. The number of ether oxygens (including phenoxy) is 1. The van der Waals surface area contributed by atoms with Gasteiger partial charge in [-0.25, -0.2) is 4.39 Å². The Bertz CT molecular complexity index is 359. The Kier molecular flexibility index (Phi) is 5.89. The first kappa shape index (κ1) is 14.4. The molecule has 0 amide bonds. The molecule has 1 aromatic carbocycles. The van der Waals surface area contributed by atoms with Gasteiger partial charge < -0.3 is 10.1 Å². The van der Waals surface area contributed by atoms with E-state index in [1.54, 1.807) is 13.2 Å². The van der Waals surface area contributed by atoms with Crippen molar-refractivity contribution in [3.63, 3.8) is 0 Å². The molecular formula is C13H19ClFNO. The van der Waals surface area contributed by atoms with E-state index in [1.807, 2.05) is 13.8 Å². The monoisotopic (exact) mass is 259 g/mol. The van der Waals surface area contributed by atoms with Gasteiger partial charge in [-0.2, -0.15) is 0 Å². The lowest BCUT2D eigenvalue weighted by atomic mass is 10.0. The molecule has 0 fully saturated rings. The first-order chi connectivity index (χ1) is 8.08. The lowest BCUT2D eigenvalue weighted by molar-refractivity contribution is 0.101. The van der Waals surface area contributed by atoms with Crippen LogP contribution in [0.25, 0.3) is 0 Å². The predicted molar refractivity (Wildman–Crippen MR) is 68.9 cm³/mol. The summed E-state index contributed by atoms with van der Waals surface area (Å²) < 4.78 is 18.5. The second-order valence-corrected chi connectivity index (χ2v) is 4.47. The van der Waals surface area contributed by atoms with E-state index in [9.17, 15) is 4.39 Å². The highest BCUT2D eigenvalue weighted by atomic mass is 35.5. The summed E-state index contributed by atoms with van der Waals surface area (Å²) in [6.45, 7) is 4.79. The van der Waals surface area contributed by atoms with E-state index in [4.69, 9.17) is 16.3 Å². The second kappa shape index (κ2) is 6.94. The van der Waals surface area contributed by atoms with Gasteiger partial charge in [0.1, 0.15) is 5.82 Å². The van der Waals surface area contributed by atoms with E-state index in [-0.39, 0.29) is 18.0 Å². The highest BCUT2D eigenvalue weighted by Gasteiger charge is 2.17. The average Bonchev–Trinajstić information content (AvgIpc) is 2.31. The Morgan fingerprint density at radius 2 is 2.18 bits per heavy atom. The third-order valence-corrected chi connectivity index (χ3v) is 3.10. The van der Waals surface area contributed by atoms with Gasteiger partial charge >= 0.3 is 0 Å². The number of hydrogen-bond acceptors (Lipinski definition) is 2. The van der Waals surface area contributed by atoms with Crippen LogP contribution in [0.1, 0.15) is 31.9 Å². The van der Waals surface area contributed by atoms with E-state index in [1.165, 1.54) is 12.1 Å². The fraction of sp³-hybridized carbons (Fsp3) is 0.538. The summed E-state index contributed by atoms with van der Waals surface area (Å²) >= 11 is 6.11. The summed E-state index contributed by atoms with van der Waals surface area (Å²) in [7, 11) is 1.67. The molecule has 0 aliphatic carbocycles. The van der Waals surface area contributed by atoms with Gasteiger partial charge in [0.05, 0.1) is 6.10 Å². The highest BCUT2D eigenvalue weighted by molar-refractivity contribution is 6.31. The van der Waals surface area contributed by atoms with Gasteiger partial charge in [-0.1, -0.05) is 18.5 Å². The molecule has 1 rings (SSSR count). The SMILES string of the molecule is CCNC(CC(C)OC)c1cc(F)ccc1Cl. The van der Waals surface area contributed by atoms with Gasteiger partial charge in [0, 0.05) is 18.2 Å². The van der Waals surface area contributed by atoms with E-state index < -0.39 is 0 Å². The van der Waals surface area contributed by atoms with Gasteiger partial charge in [-0.15, -0.1) is 0 Å². The van der Waals surface area contributed by atoms with Crippen LogP contribution in [0.5, 0.6) is 0 Å². The Hall–Kier alpha value is -0.640. The smallest absolute Gasteiger partial charge is 0.123 e. The van der Waals surface area contributed by atoms with Crippen LogP contribution in [0, 0.1) is 5.82 Å². The minimum atomic E-state index is -0.266. The van der Waals surface area contributed by atoms with Gasteiger partial charge in [-0.3, -0.25) is 0 Å². The quantitative estimate of drug-likeness (QED) is 0.844. The number of rotatable bonds is 6. The third kappa shape index (κ3) is 4.26. The zero-order valence-electron chi connectivity index (χ0n) is 10.5. The van der Waals surface area contributed by atoms with Gasteiger partial charge in [0.15, 0.2) is 0 Å². The maximum atomic E-state index is 13.2. The summed E-state index contributed by atoms with van der Waals surface area (Å²) in [6, 6.07) is 4.46. The minimum Gasteiger partial charge on any atom is -0.382 e. The fourth-order valence-corrected chi connectivity index (χ4v) is 2.03. The number of halogens is 2. The molecule has 4 heteroatoms. The van der Waals surface area contributed by atoms with Crippen LogP contribution in [0.3, 0.4) is 0 Å². The predicted octanol–water partition coefficient (Wildman–Crippen LogP) is 3.55. The number of hydrogen-bond donors (Lipinski definition) is 1. The first-order valence-electron chi connectivity index (χ1n) is 5.79. The molecule has 0 radical (unpaired) electrons. The molecule has 2 nitrogen and oxygen atoms in total. The van der Waals surface area contributed by atoms with Gasteiger partial charge in [-0.05, 0) is 43.7 Å². The van der Waals surface area contributed by atoms with Gasteiger partial charge in [0.2, 0.25) is 0 Å². The lowest BCUT2D eigenvalue weighted by Crippen LogP contribution is -2.25. The van der Waals surface area contributed by atoms with E-state index >= 15 is 0 Å². The standard InChI is InChI=1S/C13H19ClFNO/c1-4-16-13(7-9(2)17-3)11-8-10(15)5-6-12(11)14/h5-6,8-9,13,16H,4,7H2,1-3H3. The van der Waals surface area contributed by atoms with E-state index in [0.717, 1.165) is 18.5 Å². The number of nitrogens with one attached hydrogen (secondary N) is 1. The summed E-state index contributed by atoms with van der Waals surface area (Å²) in [5.41, 5.74) is 0.789. The summed E-state index contributed by atoms with van der Waals surface area (Å²) in [4.78, 5) is 0. The summed E-state index contributed by atoms with van der Waals surface area (Å²) in [5, 5.41) is 3.89. The summed E-state index contributed by atoms with van der Waals surface area (Å²) in [6.07, 6.45) is 0.853. The molecule has 1 aromatic rings. The molecule has 0 bridgehead atoms. The topological polar surface area (TPSA) is 21.3 Å². The van der Waals surface area contributed by atoms with E-state index in [0.29, 0.717) is 5.02 Å². The van der Waals surface area contributed by atoms with Crippen LogP contribution in [0.15, 0.2) is 18.2 Å². The Morgan fingerprint density at radius 3 is 2.76 bits per heavy atom. The molecular weight excluding hydrogens is 241 g/mol. The van der Waals surface area contributed by atoms with Crippen molar-refractivity contribution in [1.29, 1.82) is 0 Å². The fourth-order valence-electron chi connectivity index (χ4n) is 1.78. The van der Waals surface area contributed by atoms with Crippen LogP contribution in [0.4, 0.5) is 4.39 Å². The molecule has 0 spiro atoms. The van der Waals surface area contributed by atoms with Crippen molar-refractivity contribution < 1.29 is 9.13 Å². The largest absolute Gasteiger partial charge is 0.382 e. The molecule has 0 aliphatic rings. The van der Waals surface area contributed by atoms with Crippen LogP contribution in [-0.2, 0) is 4.74 Å². The molecule has 0 heterocycles. The Balaban J connectivity index is 2.91. The highest BCUT2D eigenvalue weighted by Crippen LogP contribution is 2.27. The van der Waals surface area contributed by atoms with Gasteiger partial charge in [0.25, 0.3) is 0 Å². The first-order valence-corrected chi connectivity index (χ1v) is 6.17. The maximum absolute atomic E-state index is 13.2. The molecule has 0 aliphatic heterocycles. The summed E-state index contributed by atoms with van der Waals surface area (Å²) in [5.74, 6) is -0.266. The zero-order valence-corrected chi connectivity index (χ0v) is 11.2. The maximum Gasteiger partial charge on any atom is 0.123 e. The van der Waals surface area contributed by atoms with Crippen LogP contribution in [-0.4, -0.2) is 19.8 Å². The molecule has 0 saturated heterocycles. The molecule has 96 valence electrons. The number of methoxy groups -OCH3 is 1. The van der Waals surface area contributed by atoms with Crippen molar-refractivity contribution in [2.75, 3.05) is 13.7 Å². The van der Waals surface area contributed by atoms with Crippen molar-refractivity contribution in [2.24, 2.45) is 0 Å². The zero-order chi connectivity index (χ0) is 12.8. The minimum absolute atomic E-state index is 0.0122. The van der Waals surface area contributed by atoms with E-state index in [2.05, 4.69) is 5.32 Å². The van der Waals surface area contributed by atoms with Crippen molar-refractivity contribution in [3.8, 4) is 0 Å². The molecule has 0 saturated carbocycles. The van der Waals surface area contributed by atoms with Crippen molar-refractivity contribution in [3.05, 3.63) is 34.6 Å². The van der Waals surface area contributed by atoms with Crippen molar-refractivity contribution >= 4 is 11.6 Å². The molecule has 0 aromatic heterocycles. The lowest BCUT2D eigenvalue weighted by Gasteiger charge is -2.22. The number of benzene rings is 1. The van der Waals surface area contributed by atoms with Crippen LogP contribution < -0.4 is 5.32 Å². The van der Waals surface area contributed by atoms with Crippen molar-refractivity contribution in [2.45, 2.75) is 32.4 Å². The van der Waals surface area contributed by atoms with Crippen LogP contribution >= 0.6 is 11.6 Å². The van der Waals surface area contributed by atoms with Crippen LogP contribution in [0.2, 0.25) is 5.02 Å². The normalized spacial score (nSPS) is 14.6. The Morgan fingerprint density at radius 1 is 1.47 bits per heavy atom. The second-order valence-electron chi connectivity index (χ2n) is 4.06. The Labute approximate surface area is 107 Å². The molecule has 1 N–H and O–H groups in total. The molecule has 2 atom stereocenters.